The van der Waals surface area contributed by atoms with Crippen molar-refractivity contribution >= 4 is 79.0 Å². The number of anilines is 6. The van der Waals surface area contributed by atoms with Crippen LogP contribution in [0, 0.1) is 0 Å². The van der Waals surface area contributed by atoms with E-state index >= 15 is 0 Å². The molecule has 0 saturated heterocycles. The van der Waals surface area contributed by atoms with Crippen LogP contribution >= 0.6 is 0 Å². The van der Waals surface area contributed by atoms with Crippen LogP contribution in [0.5, 0.6) is 0 Å². The maximum absolute atomic E-state index is 5.28. The number of fused-ring (bicyclic) bond motifs is 7. The largest absolute Gasteiger partial charge is 0.311 e. The van der Waals surface area contributed by atoms with Crippen LogP contribution in [0.4, 0.5) is 34.1 Å². The molecule has 0 radical (unpaired) electrons. The minimum absolute atomic E-state index is 0.0849. The van der Waals surface area contributed by atoms with Crippen molar-refractivity contribution in [3.63, 3.8) is 0 Å². The average molecular weight is 968 g/mol. The van der Waals surface area contributed by atoms with E-state index < -0.39 is 0 Å². The zero-order valence-corrected chi connectivity index (χ0v) is 41.4. The maximum atomic E-state index is 5.28. The Morgan fingerprint density at radius 3 is 1.37 bits per heavy atom. The molecule has 13 aromatic rings. The summed E-state index contributed by atoms with van der Waals surface area (Å²) in [6, 6.07) is 101. The number of para-hydroxylation sites is 5. The molecule has 0 N–H and O–H groups in total. The molecule has 2 aliphatic rings. The zero-order chi connectivity index (χ0) is 50.1. The third-order valence-corrected chi connectivity index (χ3v) is 15.4. The number of hydrogen-bond acceptors (Lipinski definition) is 4. The van der Waals surface area contributed by atoms with Crippen LogP contribution in [0.1, 0.15) is 0 Å². The van der Waals surface area contributed by atoms with Crippen molar-refractivity contribution in [1.29, 1.82) is 0 Å². The summed E-state index contributed by atoms with van der Waals surface area (Å²) in [7, 11) is 0. The molecule has 0 bridgehead atoms. The molecule has 2 aliphatic heterocycles. The van der Waals surface area contributed by atoms with E-state index in [0.717, 1.165) is 78.4 Å². The lowest BCUT2D eigenvalue weighted by atomic mass is 9.33. The number of rotatable bonds is 8. The van der Waals surface area contributed by atoms with Crippen LogP contribution in [-0.4, -0.2) is 21.2 Å². The van der Waals surface area contributed by atoms with Gasteiger partial charge in [0.2, 0.25) is 0 Å². The minimum atomic E-state index is 0.0849. The predicted molar refractivity (Wildman–Crippen MR) is 318 cm³/mol. The third kappa shape index (κ3) is 7.10. The molecule has 0 atom stereocenters. The van der Waals surface area contributed by atoms with E-state index in [0.29, 0.717) is 5.82 Å². The SMILES string of the molecule is c1ccc(-c2cc(-c3ccccc3)nc(-c3ccc(-n4c5ccccc5c5ccccc54)c(-c4ccc(-c5cccc(N6c7ccccc7B7c8ccccc8N(c8ccccc8)c8cccc6c87)c5)cc4)c3)n2)cc1. The van der Waals surface area contributed by atoms with E-state index in [1.165, 1.54) is 49.9 Å². The van der Waals surface area contributed by atoms with Gasteiger partial charge in [-0.2, -0.15) is 0 Å². The van der Waals surface area contributed by atoms with Crippen molar-refractivity contribution in [2.45, 2.75) is 0 Å². The van der Waals surface area contributed by atoms with Crippen LogP contribution in [-0.2, 0) is 0 Å². The van der Waals surface area contributed by atoms with Gasteiger partial charge >= 0.3 is 0 Å². The monoisotopic (exact) mass is 967 g/mol. The van der Waals surface area contributed by atoms with Gasteiger partial charge in [-0.1, -0.05) is 194 Å². The first kappa shape index (κ1) is 43.5. The Balaban J connectivity index is 0.865. The van der Waals surface area contributed by atoms with Gasteiger partial charge in [-0.3, -0.25) is 0 Å². The van der Waals surface area contributed by atoms with Gasteiger partial charge in [0.15, 0.2) is 5.82 Å². The Kier molecular flexibility index (Phi) is 10.2. The van der Waals surface area contributed by atoms with Gasteiger partial charge in [0.05, 0.1) is 28.1 Å². The van der Waals surface area contributed by atoms with Crippen LogP contribution in [0.25, 0.3) is 83.6 Å². The highest BCUT2D eigenvalue weighted by molar-refractivity contribution is 7.00. The molecular formula is C70H46BN5. The van der Waals surface area contributed by atoms with Gasteiger partial charge in [-0.25, -0.2) is 9.97 Å². The molecule has 2 aromatic heterocycles. The number of nitrogens with zero attached hydrogens (tertiary/aromatic N) is 5. The Labute approximate surface area is 442 Å². The molecule has 76 heavy (non-hydrogen) atoms. The Morgan fingerprint density at radius 1 is 0.289 bits per heavy atom. The minimum Gasteiger partial charge on any atom is -0.311 e. The van der Waals surface area contributed by atoms with Gasteiger partial charge in [-0.05, 0) is 118 Å². The van der Waals surface area contributed by atoms with E-state index in [1.807, 2.05) is 12.1 Å². The number of hydrogen-bond donors (Lipinski definition) is 0. The molecule has 11 aromatic carbocycles. The van der Waals surface area contributed by atoms with E-state index in [-0.39, 0.29) is 6.71 Å². The molecule has 5 nitrogen and oxygen atoms in total. The van der Waals surface area contributed by atoms with Crippen LogP contribution < -0.4 is 26.2 Å². The number of aromatic nitrogens is 3. The standard InChI is InChI=1S/C70H46BN5/c1-4-20-49(21-5-1)60-46-61(50-22-6-2-7-23-50)73-70(72-60)52-42-43-64(76-62-32-14-10-28-55(62)56-29-11-15-33-63(56)76)57(45-52)48-40-38-47(39-41-48)51-24-18-27-54(44-51)75-66-35-17-13-31-59(66)71-58-30-12-16-34-65(58)74(53-25-8-3-9-26-53)67-36-19-37-68(75)69(67)71/h1-46H. The molecular weight excluding hydrogens is 922 g/mol. The summed E-state index contributed by atoms with van der Waals surface area (Å²) >= 11 is 0. The zero-order valence-electron chi connectivity index (χ0n) is 41.4. The third-order valence-electron chi connectivity index (χ3n) is 15.4. The lowest BCUT2D eigenvalue weighted by molar-refractivity contribution is 1.16. The maximum Gasteiger partial charge on any atom is 0.252 e. The topological polar surface area (TPSA) is 37.2 Å². The first-order valence-corrected chi connectivity index (χ1v) is 26.0. The smallest absolute Gasteiger partial charge is 0.252 e. The fraction of sp³-hybridized carbons (Fsp3) is 0. The van der Waals surface area contributed by atoms with Gasteiger partial charge in [-0.15, -0.1) is 0 Å². The van der Waals surface area contributed by atoms with Crippen molar-refractivity contribution in [2.24, 2.45) is 0 Å². The summed E-state index contributed by atoms with van der Waals surface area (Å²) in [5.41, 5.74) is 23.6. The highest BCUT2D eigenvalue weighted by Crippen LogP contribution is 2.45. The van der Waals surface area contributed by atoms with E-state index in [2.05, 4.69) is 281 Å². The fourth-order valence-electron chi connectivity index (χ4n) is 12.0. The highest BCUT2D eigenvalue weighted by atomic mass is 15.2. The van der Waals surface area contributed by atoms with E-state index in [4.69, 9.17) is 9.97 Å². The summed E-state index contributed by atoms with van der Waals surface area (Å²) in [5, 5.41) is 2.44. The average Bonchev–Trinajstić information content (AvgIpc) is 3.95. The van der Waals surface area contributed by atoms with Gasteiger partial charge in [0, 0.05) is 67.2 Å². The first-order chi connectivity index (χ1) is 37.7. The Morgan fingerprint density at radius 2 is 0.750 bits per heavy atom. The normalized spacial score (nSPS) is 12.4. The van der Waals surface area contributed by atoms with Gasteiger partial charge in [0.1, 0.15) is 0 Å². The van der Waals surface area contributed by atoms with E-state index in [9.17, 15) is 0 Å². The van der Waals surface area contributed by atoms with E-state index in [1.54, 1.807) is 0 Å². The second-order valence-corrected chi connectivity index (χ2v) is 19.7. The quantitative estimate of drug-likeness (QED) is 0.142. The molecule has 4 heterocycles. The highest BCUT2D eigenvalue weighted by Gasteiger charge is 2.42. The van der Waals surface area contributed by atoms with Crippen molar-refractivity contribution in [2.75, 3.05) is 9.80 Å². The van der Waals surface area contributed by atoms with Gasteiger partial charge < -0.3 is 14.4 Å². The molecule has 6 heteroatoms. The Hall–Kier alpha value is -10.0. The second kappa shape index (κ2) is 17.9. The first-order valence-electron chi connectivity index (χ1n) is 26.0. The fourth-order valence-corrected chi connectivity index (χ4v) is 12.0. The van der Waals surface area contributed by atoms with Crippen LogP contribution in [0.2, 0.25) is 0 Å². The van der Waals surface area contributed by atoms with Crippen molar-refractivity contribution in [3.05, 3.63) is 279 Å². The van der Waals surface area contributed by atoms with Crippen molar-refractivity contribution < 1.29 is 0 Å². The summed E-state index contributed by atoms with van der Waals surface area (Å²) in [4.78, 5) is 15.5. The lowest BCUT2D eigenvalue weighted by Crippen LogP contribution is -2.61. The predicted octanol–water partition coefficient (Wildman–Crippen LogP) is 16.0. The molecule has 0 spiro atoms. The molecule has 15 rings (SSSR count). The van der Waals surface area contributed by atoms with Crippen LogP contribution in [0.3, 0.4) is 0 Å². The molecule has 0 saturated carbocycles. The summed E-state index contributed by atoms with van der Waals surface area (Å²) in [6.07, 6.45) is 0. The molecule has 0 fully saturated rings. The number of benzene rings is 11. The molecule has 0 amide bonds. The van der Waals surface area contributed by atoms with Gasteiger partial charge in [0.25, 0.3) is 6.71 Å². The Bertz CT molecular complexity index is 4250. The summed E-state index contributed by atoms with van der Waals surface area (Å²) in [5.74, 6) is 0.672. The molecule has 0 aliphatic carbocycles. The van der Waals surface area contributed by atoms with Crippen molar-refractivity contribution in [3.8, 4) is 61.8 Å². The second-order valence-electron chi connectivity index (χ2n) is 19.7. The molecule has 0 unspecified atom stereocenters. The van der Waals surface area contributed by atoms with Crippen molar-refractivity contribution in [1.82, 2.24) is 14.5 Å². The molecule has 354 valence electrons. The summed E-state index contributed by atoms with van der Waals surface area (Å²) < 4.78 is 2.42. The lowest BCUT2D eigenvalue weighted by Gasteiger charge is -2.44. The summed E-state index contributed by atoms with van der Waals surface area (Å²) in [6.45, 7) is 0.0849. The van der Waals surface area contributed by atoms with Crippen LogP contribution in [0.15, 0.2) is 279 Å².